The van der Waals surface area contributed by atoms with Crippen LogP contribution in [0.3, 0.4) is 0 Å². The summed E-state index contributed by atoms with van der Waals surface area (Å²) in [5, 5.41) is 22.8. The van der Waals surface area contributed by atoms with Crippen LogP contribution in [0.15, 0.2) is 42.5 Å². The third kappa shape index (κ3) is 2.61. The van der Waals surface area contributed by atoms with Gasteiger partial charge in [-0.3, -0.25) is 10.1 Å². The summed E-state index contributed by atoms with van der Waals surface area (Å²) >= 11 is 0. The van der Waals surface area contributed by atoms with Crippen LogP contribution >= 0.6 is 0 Å². The fraction of sp³-hybridized carbons (Fsp3) is 0. The molecule has 0 heterocycles. The first-order chi connectivity index (χ1) is 9.11. The first-order valence-corrected chi connectivity index (χ1v) is 5.42. The molecule has 2 aromatic carbocycles. The van der Waals surface area contributed by atoms with E-state index in [9.17, 15) is 10.1 Å². The van der Waals surface area contributed by atoms with Crippen LogP contribution in [0, 0.1) is 21.4 Å². The summed E-state index contributed by atoms with van der Waals surface area (Å²) in [6, 6.07) is 13.1. The summed E-state index contributed by atoms with van der Waals surface area (Å²) < 4.78 is 0. The zero-order valence-electron chi connectivity index (χ0n) is 9.83. The average molecular weight is 254 g/mol. The lowest BCUT2D eigenvalue weighted by molar-refractivity contribution is -0.383. The Morgan fingerprint density at radius 3 is 2.63 bits per heavy atom. The van der Waals surface area contributed by atoms with Gasteiger partial charge in [0.05, 0.1) is 16.2 Å². The van der Waals surface area contributed by atoms with Crippen molar-refractivity contribution in [3.63, 3.8) is 0 Å². The number of benzene rings is 2. The number of nitrogens with two attached hydrogens (primary N) is 1. The number of hydrogen-bond donors (Lipinski definition) is 2. The molecule has 0 atom stereocenters. The number of rotatable bonds is 3. The molecule has 0 unspecified atom stereocenters. The smallest absolute Gasteiger partial charge is 0.294 e. The highest BCUT2D eigenvalue weighted by molar-refractivity contribution is 5.75. The number of nitro benzene ring substituents is 1. The fourth-order valence-corrected chi connectivity index (χ4v) is 1.64. The number of nitrogens with one attached hydrogen (secondary N) is 1. The largest absolute Gasteiger partial charge is 0.399 e. The lowest BCUT2D eigenvalue weighted by Gasteiger charge is -2.08. The molecule has 0 bridgehead atoms. The van der Waals surface area contributed by atoms with Crippen LogP contribution in [0.5, 0.6) is 0 Å². The third-order valence-electron chi connectivity index (χ3n) is 2.54. The van der Waals surface area contributed by atoms with E-state index in [1.54, 1.807) is 30.3 Å². The Morgan fingerprint density at radius 2 is 1.95 bits per heavy atom. The zero-order chi connectivity index (χ0) is 13.8. The topological polar surface area (TPSA) is 105 Å². The predicted octanol–water partition coefficient (Wildman–Crippen LogP) is 2.79. The van der Waals surface area contributed by atoms with Crippen LogP contribution in [-0.4, -0.2) is 4.92 Å². The Morgan fingerprint density at radius 1 is 1.21 bits per heavy atom. The SMILES string of the molecule is N#Cc1ccccc1Nc1ccc(N)cc1[N+](=O)[O-]. The molecule has 6 nitrogen and oxygen atoms in total. The van der Waals surface area contributed by atoms with Gasteiger partial charge < -0.3 is 11.1 Å². The molecule has 3 N–H and O–H groups in total. The van der Waals surface area contributed by atoms with Gasteiger partial charge in [0.25, 0.3) is 5.69 Å². The van der Waals surface area contributed by atoms with E-state index in [-0.39, 0.29) is 5.69 Å². The number of para-hydroxylation sites is 1. The molecule has 0 radical (unpaired) electrons. The van der Waals surface area contributed by atoms with E-state index in [1.165, 1.54) is 12.1 Å². The van der Waals surface area contributed by atoms with Crippen molar-refractivity contribution in [2.24, 2.45) is 0 Å². The van der Waals surface area contributed by atoms with Gasteiger partial charge in [-0.2, -0.15) is 5.26 Å². The monoisotopic (exact) mass is 254 g/mol. The highest BCUT2D eigenvalue weighted by atomic mass is 16.6. The van der Waals surface area contributed by atoms with Crippen molar-refractivity contribution in [1.29, 1.82) is 5.26 Å². The summed E-state index contributed by atoms with van der Waals surface area (Å²) in [5.41, 5.74) is 6.93. The molecule has 19 heavy (non-hydrogen) atoms. The number of anilines is 3. The summed E-state index contributed by atoms with van der Waals surface area (Å²) in [7, 11) is 0. The number of nitrogen functional groups attached to an aromatic ring is 1. The Labute approximate surface area is 109 Å². The minimum Gasteiger partial charge on any atom is -0.399 e. The van der Waals surface area contributed by atoms with Gasteiger partial charge >= 0.3 is 0 Å². The highest BCUT2D eigenvalue weighted by Crippen LogP contribution is 2.30. The summed E-state index contributed by atoms with van der Waals surface area (Å²) in [5.74, 6) is 0. The molecule has 0 saturated carbocycles. The molecule has 0 aliphatic rings. The van der Waals surface area contributed by atoms with Gasteiger partial charge in [-0.1, -0.05) is 12.1 Å². The van der Waals surface area contributed by atoms with Crippen molar-refractivity contribution in [2.75, 3.05) is 11.1 Å². The van der Waals surface area contributed by atoms with E-state index in [2.05, 4.69) is 5.32 Å². The number of nitro groups is 1. The second kappa shape index (κ2) is 5.06. The first kappa shape index (κ1) is 12.4. The van der Waals surface area contributed by atoms with Crippen molar-refractivity contribution in [1.82, 2.24) is 0 Å². The van der Waals surface area contributed by atoms with E-state index >= 15 is 0 Å². The van der Waals surface area contributed by atoms with E-state index < -0.39 is 4.92 Å². The normalized spacial score (nSPS) is 9.63. The molecule has 6 heteroatoms. The van der Waals surface area contributed by atoms with E-state index in [1.807, 2.05) is 6.07 Å². The van der Waals surface area contributed by atoms with Crippen molar-refractivity contribution in [2.45, 2.75) is 0 Å². The molecule has 0 saturated heterocycles. The maximum absolute atomic E-state index is 11.0. The Balaban J connectivity index is 2.44. The van der Waals surface area contributed by atoms with Gasteiger partial charge in [-0.15, -0.1) is 0 Å². The number of hydrogen-bond acceptors (Lipinski definition) is 5. The number of nitrogens with zero attached hydrogens (tertiary/aromatic N) is 2. The number of nitriles is 1. The molecule has 2 aromatic rings. The predicted molar refractivity (Wildman–Crippen MR) is 71.9 cm³/mol. The van der Waals surface area contributed by atoms with Crippen LogP contribution in [0.1, 0.15) is 5.56 Å². The minimum atomic E-state index is -0.520. The van der Waals surface area contributed by atoms with Crippen molar-refractivity contribution >= 4 is 22.7 Å². The Kier molecular flexibility index (Phi) is 3.30. The molecule has 0 aliphatic carbocycles. The molecular formula is C13H10N4O2. The fourth-order valence-electron chi connectivity index (χ4n) is 1.64. The molecule has 0 spiro atoms. The van der Waals surface area contributed by atoms with Gasteiger partial charge in [0.2, 0.25) is 0 Å². The Hall–Kier alpha value is -3.07. The summed E-state index contributed by atoms with van der Waals surface area (Å²) in [6.45, 7) is 0. The maximum Gasteiger partial charge on any atom is 0.294 e. The third-order valence-corrected chi connectivity index (χ3v) is 2.54. The lowest BCUT2D eigenvalue weighted by Crippen LogP contribution is -1.99. The quantitative estimate of drug-likeness (QED) is 0.497. The van der Waals surface area contributed by atoms with Crippen LogP contribution in [-0.2, 0) is 0 Å². The standard InChI is InChI=1S/C13H10N4O2/c14-8-9-3-1-2-4-11(9)16-12-6-5-10(15)7-13(12)17(18)19/h1-7,16H,15H2. The highest BCUT2D eigenvalue weighted by Gasteiger charge is 2.15. The van der Waals surface area contributed by atoms with Gasteiger partial charge in [-0.25, -0.2) is 0 Å². The first-order valence-electron chi connectivity index (χ1n) is 5.42. The van der Waals surface area contributed by atoms with Crippen LogP contribution in [0.2, 0.25) is 0 Å². The molecule has 0 fully saturated rings. The molecule has 94 valence electrons. The summed E-state index contributed by atoms with van der Waals surface area (Å²) in [4.78, 5) is 10.4. The van der Waals surface area contributed by atoms with Gasteiger partial charge in [0, 0.05) is 11.8 Å². The molecule has 0 amide bonds. The van der Waals surface area contributed by atoms with Gasteiger partial charge in [0.1, 0.15) is 11.8 Å². The van der Waals surface area contributed by atoms with E-state index in [0.717, 1.165) is 0 Å². The summed E-state index contributed by atoms with van der Waals surface area (Å²) in [6.07, 6.45) is 0. The second-order valence-corrected chi connectivity index (χ2v) is 3.82. The average Bonchev–Trinajstić information content (AvgIpc) is 2.41. The van der Waals surface area contributed by atoms with Crippen molar-refractivity contribution in [3.05, 3.63) is 58.1 Å². The molecule has 0 aromatic heterocycles. The van der Waals surface area contributed by atoms with Crippen LogP contribution in [0.4, 0.5) is 22.7 Å². The maximum atomic E-state index is 11.0. The van der Waals surface area contributed by atoms with E-state index in [4.69, 9.17) is 11.0 Å². The Bertz CT molecular complexity index is 677. The van der Waals surface area contributed by atoms with Gasteiger partial charge in [0.15, 0.2) is 0 Å². The van der Waals surface area contributed by atoms with Crippen LogP contribution in [0.25, 0.3) is 0 Å². The van der Waals surface area contributed by atoms with Crippen molar-refractivity contribution in [3.8, 4) is 6.07 Å². The van der Waals surface area contributed by atoms with Gasteiger partial charge in [-0.05, 0) is 24.3 Å². The molecule has 0 aliphatic heterocycles. The molecular weight excluding hydrogens is 244 g/mol. The molecule has 2 rings (SSSR count). The lowest BCUT2D eigenvalue weighted by atomic mass is 10.1. The van der Waals surface area contributed by atoms with Crippen molar-refractivity contribution < 1.29 is 4.92 Å². The second-order valence-electron chi connectivity index (χ2n) is 3.82. The minimum absolute atomic E-state index is 0.132. The van der Waals surface area contributed by atoms with E-state index in [0.29, 0.717) is 22.6 Å². The zero-order valence-corrected chi connectivity index (χ0v) is 9.83. The van der Waals surface area contributed by atoms with Crippen LogP contribution < -0.4 is 11.1 Å².